The molecule has 4 N–H and O–H groups in total. The van der Waals surface area contributed by atoms with Gasteiger partial charge in [0.05, 0.1) is 25.4 Å². The quantitative estimate of drug-likeness (QED) is 0.0985. The van der Waals surface area contributed by atoms with Crippen LogP contribution in [0, 0.1) is 11.6 Å². The Labute approximate surface area is 270 Å². The zero-order valence-corrected chi connectivity index (χ0v) is 25.6. The van der Waals surface area contributed by atoms with Crippen LogP contribution in [0.15, 0.2) is 23.4 Å². The minimum absolute atomic E-state index is 0. The molecule has 0 bridgehead atoms. The van der Waals surface area contributed by atoms with E-state index in [-0.39, 0.29) is 94.1 Å². The molecule has 39 heavy (non-hydrogen) atoms. The van der Waals surface area contributed by atoms with Gasteiger partial charge in [0, 0.05) is 24.1 Å². The second-order valence-electron chi connectivity index (χ2n) is 9.09. The predicted octanol–water partition coefficient (Wildman–Crippen LogP) is -4.36. The van der Waals surface area contributed by atoms with Crippen molar-refractivity contribution in [2.24, 2.45) is 0 Å². The molecule has 2 saturated carbocycles. The SMILES string of the molecule is CCCSc1nc(N[C@@H]2C[C@H]2c2ccc(F)c(F)c2)c2nnn([C@@H]3C[C@H](OCCO)[C@@H](O)[C@H]3O)c2n1.[Ca+2].[Cl-].[Cl-]. The third kappa shape index (κ3) is 7.43. The summed E-state index contributed by atoms with van der Waals surface area (Å²) in [6.07, 6.45) is -1.04. The largest absolute Gasteiger partial charge is 2.00 e. The number of anilines is 1. The first-order valence-corrected chi connectivity index (χ1v) is 13.0. The van der Waals surface area contributed by atoms with E-state index in [1.165, 1.54) is 22.5 Å². The summed E-state index contributed by atoms with van der Waals surface area (Å²) >= 11 is 1.48. The Kier molecular flexibility index (Phi) is 13.3. The fourth-order valence-corrected chi connectivity index (χ4v) is 5.31. The van der Waals surface area contributed by atoms with E-state index in [9.17, 15) is 19.0 Å². The smallest absolute Gasteiger partial charge is 1.00 e. The molecule has 0 radical (unpaired) electrons. The van der Waals surface area contributed by atoms with Crippen molar-refractivity contribution in [2.75, 3.05) is 24.3 Å². The number of nitrogens with zero attached hydrogens (tertiary/aromatic N) is 5. The van der Waals surface area contributed by atoms with E-state index < -0.39 is 36.0 Å². The normalized spacial score (nSPS) is 25.5. The van der Waals surface area contributed by atoms with Crippen molar-refractivity contribution in [3.8, 4) is 0 Å². The van der Waals surface area contributed by atoms with Gasteiger partial charge in [0.1, 0.15) is 12.2 Å². The minimum atomic E-state index is -1.15. The van der Waals surface area contributed by atoms with Gasteiger partial charge in [-0.3, -0.25) is 0 Å². The number of rotatable bonds is 10. The number of aromatic nitrogens is 5. The topological polar surface area (TPSA) is 138 Å². The Morgan fingerprint density at radius 3 is 2.59 bits per heavy atom. The Bertz CT molecular complexity index is 1250. The van der Waals surface area contributed by atoms with E-state index >= 15 is 0 Å². The van der Waals surface area contributed by atoms with Crippen LogP contribution in [-0.4, -0.2) is 121 Å². The molecular formula is C23H28CaCl2F2N6O4S. The van der Waals surface area contributed by atoms with Crippen LogP contribution < -0.4 is 30.1 Å². The van der Waals surface area contributed by atoms with Gasteiger partial charge in [-0.05, 0) is 30.5 Å². The summed E-state index contributed by atoms with van der Waals surface area (Å²) in [7, 11) is 0. The van der Waals surface area contributed by atoms with Gasteiger partial charge in [-0.1, -0.05) is 30.0 Å². The Morgan fingerprint density at radius 2 is 1.90 bits per heavy atom. The number of aliphatic hydroxyl groups excluding tert-OH is 3. The van der Waals surface area contributed by atoms with Gasteiger partial charge in [-0.15, -0.1) is 5.10 Å². The predicted molar refractivity (Wildman–Crippen MR) is 134 cm³/mol. The summed E-state index contributed by atoms with van der Waals surface area (Å²) < 4.78 is 34.0. The number of hydrogen-bond acceptors (Lipinski definition) is 10. The summed E-state index contributed by atoms with van der Waals surface area (Å²) in [5, 5.41) is 42.5. The molecule has 2 fully saturated rings. The van der Waals surface area contributed by atoms with Crippen LogP contribution >= 0.6 is 11.8 Å². The summed E-state index contributed by atoms with van der Waals surface area (Å²) in [5.74, 6) is -0.472. The van der Waals surface area contributed by atoms with Gasteiger partial charge >= 0.3 is 37.7 Å². The average molecular weight is 634 g/mol. The van der Waals surface area contributed by atoms with Crippen molar-refractivity contribution >= 4 is 66.5 Å². The summed E-state index contributed by atoms with van der Waals surface area (Å²) in [5.41, 5.74) is 1.53. The van der Waals surface area contributed by atoms with Crippen LogP contribution in [0.3, 0.4) is 0 Å². The maximum Gasteiger partial charge on any atom is 2.00 e. The van der Waals surface area contributed by atoms with Gasteiger partial charge in [-0.2, -0.15) is 0 Å². The van der Waals surface area contributed by atoms with Crippen LogP contribution in [-0.2, 0) is 4.74 Å². The third-order valence-corrected chi connectivity index (χ3v) is 7.61. The average Bonchev–Trinajstić information content (AvgIpc) is 3.41. The van der Waals surface area contributed by atoms with Gasteiger partial charge in [-0.25, -0.2) is 23.4 Å². The molecule has 0 unspecified atom stereocenters. The van der Waals surface area contributed by atoms with Crippen molar-refractivity contribution < 1.29 is 53.7 Å². The fraction of sp³-hybridized carbons (Fsp3) is 0.565. The molecule has 10 nitrogen and oxygen atoms in total. The van der Waals surface area contributed by atoms with E-state index in [0.717, 1.165) is 24.7 Å². The molecule has 6 atom stereocenters. The Morgan fingerprint density at radius 1 is 1.13 bits per heavy atom. The van der Waals surface area contributed by atoms with E-state index in [0.29, 0.717) is 27.7 Å². The summed E-state index contributed by atoms with van der Waals surface area (Å²) in [6, 6.07) is 3.26. The van der Waals surface area contributed by atoms with Crippen molar-refractivity contribution in [3.05, 3.63) is 35.4 Å². The molecule has 3 aromatic rings. The maximum atomic E-state index is 13.7. The zero-order chi connectivity index (χ0) is 25.4. The van der Waals surface area contributed by atoms with Gasteiger partial charge < -0.3 is 50.2 Å². The summed E-state index contributed by atoms with van der Waals surface area (Å²) in [4.78, 5) is 9.27. The van der Waals surface area contributed by atoms with Gasteiger partial charge in [0.25, 0.3) is 0 Å². The molecule has 2 aliphatic carbocycles. The molecule has 0 saturated heterocycles. The molecular weight excluding hydrogens is 605 g/mol. The number of fused-ring (bicyclic) bond motifs is 1. The van der Waals surface area contributed by atoms with E-state index in [1.807, 2.05) is 0 Å². The molecule has 1 aromatic carbocycles. The molecule has 2 heterocycles. The number of benzene rings is 1. The summed E-state index contributed by atoms with van der Waals surface area (Å²) in [6.45, 7) is 1.91. The van der Waals surface area contributed by atoms with Crippen LogP contribution in [0.25, 0.3) is 11.2 Å². The van der Waals surface area contributed by atoms with E-state index in [4.69, 9.17) is 9.84 Å². The van der Waals surface area contributed by atoms with E-state index in [1.54, 1.807) is 6.07 Å². The first-order valence-electron chi connectivity index (χ1n) is 12.0. The van der Waals surface area contributed by atoms with Gasteiger partial charge in [0.15, 0.2) is 33.8 Å². The number of nitrogens with one attached hydrogen (secondary N) is 1. The van der Waals surface area contributed by atoms with Crippen molar-refractivity contribution in [2.45, 2.75) is 67.7 Å². The van der Waals surface area contributed by atoms with Crippen LogP contribution in [0.4, 0.5) is 14.6 Å². The first kappa shape index (κ1) is 34.6. The second kappa shape index (κ2) is 15.0. The van der Waals surface area contributed by atoms with Crippen LogP contribution in [0.2, 0.25) is 0 Å². The van der Waals surface area contributed by atoms with Crippen molar-refractivity contribution in [1.82, 2.24) is 25.0 Å². The number of thioether (sulfide) groups is 1. The number of ether oxygens (including phenoxy) is 1. The Hall–Kier alpha value is -0.610. The fourth-order valence-electron chi connectivity index (χ4n) is 4.61. The zero-order valence-electron chi connectivity index (χ0n) is 21.1. The van der Waals surface area contributed by atoms with Crippen LogP contribution in [0.1, 0.15) is 43.7 Å². The molecule has 2 aromatic heterocycles. The van der Waals surface area contributed by atoms with E-state index in [2.05, 4.69) is 32.5 Å². The second-order valence-corrected chi connectivity index (χ2v) is 10.2. The Balaban J connectivity index is 0.00000178. The molecule has 5 rings (SSSR count). The number of halogens is 4. The maximum absolute atomic E-state index is 13.7. The molecule has 0 aliphatic heterocycles. The molecule has 0 spiro atoms. The monoisotopic (exact) mass is 632 g/mol. The van der Waals surface area contributed by atoms with Gasteiger partial charge in [0.2, 0.25) is 0 Å². The standard InChI is InChI=1S/C23H28F2N6O4S.Ca.2ClH/c1-2-7-36-23-27-21(26-15-9-12(15)11-3-4-13(24)14(25)8-11)18-22(28-23)31(30-29-18)16-10-17(35-6-5-32)20(34)19(16)33;;;/h3-4,8,12,15-17,19-20,32-34H,2,5-7,9-10H2,1H3,(H,26,27,28);;2*1H/q;+2;;/p-2/t12-,15+,16+,17-,19-,20+;;;/m0.../s1. The molecule has 2 aliphatic rings. The third-order valence-electron chi connectivity index (χ3n) is 6.56. The van der Waals surface area contributed by atoms with Crippen molar-refractivity contribution in [3.63, 3.8) is 0 Å². The number of aliphatic hydroxyl groups is 3. The van der Waals surface area contributed by atoms with Crippen molar-refractivity contribution in [1.29, 1.82) is 0 Å². The van der Waals surface area contributed by atoms with Crippen LogP contribution in [0.5, 0.6) is 0 Å². The minimum Gasteiger partial charge on any atom is -1.00 e. The molecule has 0 amide bonds. The molecule has 16 heteroatoms. The number of hydrogen-bond donors (Lipinski definition) is 4. The first-order chi connectivity index (χ1) is 17.4. The molecule has 210 valence electrons.